The Morgan fingerprint density at radius 2 is 2.31 bits per heavy atom. The zero-order valence-electron chi connectivity index (χ0n) is 6.72. The lowest BCUT2D eigenvalue weighted by Gasteiger charge is -2.02. The van der Waals surface area contributed by atoms with Gasteiger partial charge in [-0.2, -0.15) is 0 Å². The van der Waals surface area contributed by atoms with Crippen LogP contribution in [0, 0.1) is 6.92 Å². The number of H-pyrrole nitrogens is 1. The zero-order valence-corrected chi connectivity index (χ0v) is 8.31. The van der Waals surface area contributed by atoms with Gasteiger partial charge in [0.15, 0.2) is 0 Å². The summed E-state index contributed by atoms with van der Waals surface area (Å²) in [5.74, 6) is -0.658. The molecule has 1 heterocycles. The first-order valence-corrected chi connectivity index (χ1v) is 4.19. The Bertz CT molecular complexity index is 399. The van der Waals surface area contributed by atoms with Crippen molar-refractivity contribution < 1.29 is 10.0 Å². The summed E-state index contributed by atoms with van der Waals surface area (Å²) in [4.78, 5) is 24.4. The van der Waals surface area contributed by atoms with Crippen molar-refractivity contribution in [1.82, 2.24) is 10.5 Å². The van der Waals surface area contributed by atoms with Crippen LogP contribution < -0.4 is 11.0 Å². The number of hydrogen-bond acceptors (Lipinski definition) is 3. The highest BCUT2D eigenvalue weighted by molar-refractivity contribution is 9.10. The molecule has 0 radical (unpaired) electrons. The molecular formula is C7H7BrN2O3. The van der Waals surface area contributed by atoms with Crippen molar-refractivity contribution in [3.05, 3.63) is 32.2 Å². The highest BCUT2D eigenvalue weighted by Gasteiger charge is 2.10. The maximum absolute atomic E-state index is 11.0. The van der Waals surface area contributed by atoms with Crippen LogP contribution in [0.1, 0.15) is 16.1 Å². The SMILES string of the molecule is Cc1[nH]c(=O)c(Br)cc1C(=O)NO. The number of hydroxylamine groups is 1. The smallest absolute Gasteiger partial charge is 0.276 e. The van der Waals surface area contributed by atoms with Gasteiger partial charge in [-0.25, -0.2) is 5.48 Å². The number of carbonyl (C=O) groups is 1. The number of aromatic amines is 1. The highest BCUT2D eigenvalue weighted by Crippen LogP contribution is 2.08. The van der Waals surface area contributed by atoms with E-state index in [4.69, 9.17) is 5.21 Å². The summed E-state index contributed by atoms with van der Waals surface area (Å²) in [5, 5.41) is 8.37. The van der Waals surface area contributed by atoms with Gasteiger partial charge in [0, 0.05) is 5.69 Å². The van der Waals surface area contributed by atoms with Crippen molar-refractivity contribution in [3.63, 3.8) is 0 Å². The van der Waals surface area contributed by atoms with E-state index in [1.165, 1.54) is 11.5 Å². The van der Waals surface area contributed by atoms with Gasteiger partial charge in [0.05, 0.1) is 10.0 Å². The number of nitrogens with one attached hydrogen (secondary N) is 2. The van der Waals surface area contributed by atoms with Crippen LogP contribution in [0.15, 0.2) is 15.3 Å². The van der Waals surface area contributed by atoms with Crippen molar-refractivity contribution in [2.45, 2.75) is 6.92 Å². The molecule has 1 amide bonds. The molecule has 1 aromatic rings. The van der Waals surface area contributed by atoms with Crippen LogP contribution in [0.5, 0.6) is 0 Å². The Morgan fingerprint density at radius 1 is 1.69 bits per heavy atom. The van der Waals surface area contributed by atoms with E-state index in [2.05, 4.69) is 20.9 Å². The number of carbonyl (C=O) groups excluding carboxylic acids is 1. The van der Waals surface area contributed by atoms with Crippen molar-refractivity contribution in [2.24, 2.45) is 0 Å². The Labute approximate surface area is 81.9 Å². The minimum Gasteiger partial charge on any atom is -0.325 e. The molecule has 0 atom stereocenters. The average molecular weight is 247 g/mol. The third-order valence-electron chi connectivity index (χ3n) is 1.54. The summed E-state index contributed by atoms with van der Waals surface area (Å²) < 4.78 is 0.247. The van der Waals surface area contributed by atoms with E-state index in [1.807, 2.05) is 0 Å². The van der Waals surface area contributed by atoms with Gasteiger partial charge < -0.3 is 4.98 Å². The molecule has 70 valence electrons. The number of aryl methyl sites for hydroxylation is 1. The van der Waals surface area contributed by atoms with Crippen molar-refractivity contribution in [1.29, 1.82) is 0 Å². The third-order valence-corrected chi connectivity index (χ3v) is 2.13. The molecule has 1 aromatic heterocycles. The minimum absolute atomic E-state index is 0.217. The van der Waals surface area contributed by atoms with Crippen LogP contribution in [-0.4, -0.2) is 16.1 Å². The molecule has 0 aliphatic carbocycles. The van der Waals surface area contributed by atoms with Crippen molar-refractivity contribution in [3.8, 4) is 0 Å². The van der Waals surface area contributed by atoms with E-state index >= 15 is 0 Å². The number of rotatable bonds is 1. The average Bonchev–Trinajstić information content (AvgIpc) is 2.10. The minimum atomic E-state index is -0.658. The van der Waals surface area contributed by atoms with E-state index in [1.54, 1.807) is 6.92 Å². The maximum Gasteiger partial charge on any atom is 0.276 e. The van der Waals surface area contributed by atoms with Crippen LogP contribution in [0.3, 0.4) is 0 Å². The Morgan fingerprint density at radius 3 is 2.85 bits per heavy atom. The summed E-state index contributed by atoms with van der Waals surface area (Å²) in [6.45, 7) is 1.57. The molecule has 0 aliphatic rings. The summed E-state index contributed by atoms with van der Waals surface area (Å²) >= 11 is 2.97. The topological polar surface area (TPSA) is 82.2 Å². The van der Waals surface area contributed by atoms with E-state index < -0.39 is 5.91 Å². The summed E-state index contributed by atoms with van der Waals surface area (Å²) in [5.41, 5.74) is 1.79. The number of aromatic nitrogens is 1. The molecule has 6 heteroatoms. The fourth-order valence-electron chi connectivity index (χ4n) is 0.894. The van der Waals surface area contributed by atoms with E-state index in [-0.39, 0.29) is 15.6 Å². The first kappa shape index (κ1) is 9.94. The molecule has 0 aromatic carbocycles. The molecule has 13 heavy (non-hydrogen) atoms. The van der Waals surface area contributed by atoms with Gasteiger partial charge in [-0.3, -0.25) is 14.8 Å². The molecule has 0 aliphatic heterocycles. The monoisotopic (exact) mass is 246 g/mol. The van der Waals surface area contributed by atoms with Gasteiger partial charge in [0.2, 0.25) is 0 Å². The quantitative estimate of drug-likeness (QED) is 0.501. The van der Waals surface area contributed by atoms with Crippen molar-refractivity contribution >= 4 is 21.8 Å². The lowest BCUT2D eigenvalue weighted by Crippen LogP contribution is -2.22. The largest absolute Gasteiger partial charge is 0.325 e. The molecule has 5 nitrogen and oxygen atoms in total. The predicted octanol–water partition coefficient (Wildman–Crippen LogP) is 0.565. The van der Waals surface area contributed by atoms with E-state index in [0.717, 1.165) is 0 Å². The van der Waals surface area contributed by atoms with Gasteiger partial charge in [-0.15, -0.1) is 0 Å². The summed E-state index contributed by atoms with van der Waals surface area (Å²) in [6.07, 6.45) is 0. The predicted molar refractivity (Wildman–Crippen MR) is 48.8 cm³/mol. The van der Waals surface area contributed by atoms with Gasteiger partial charge in [-0.05, 0) is 28.9 Å². The fourth-order valence-corrected chi connectivity index (χ4v) is 1.22. The molecule has 3 N–H and O–H groups in total. The number of halogens is 1. The molecule has 1 rings (SSSR count). The van der Waals surface area contributed by atoms with Crippen LogP contribution >= 0.6 is 15.9 Å². The van der Waals surface area contributed by atoms with Gasteiger partial charge >= 0.3 is 0 Å². The Balaban J connectivity index is 3.31. The lowest BCUT2D eigenvalue weighted by atomic mass is 10.2. The highest BCUT2D eigenvalue weighted by atomic mass is 79.9. The molecule has 0 bridgehead atoms. The van der Waals surface area contributed by atoms with Gasteiger partial charge in [0.1, 0.15) is 0 Å². The van der Waals surface area contributed by atoms with Gasteiger partial charge in [-0.1, -0.05) is 0 Å². The fraction of sp³-hybridized carbons (Fsp3) is 0.143. The normalized spacial score (nSPS) is 9.77. The summed E-state index contributed by atoms with van der Waals surface area (Å²) in [6, 6.07) is 1.35. The second-order valence-corrected chi connectivity index (χ2v) is 3.28. The van der Waals surface area contributed by atoms with Crippen LogP contribution in [-0.2, 0) is 0 Å². The van der Waals surface area contributed by atoms with E-state index in [9.17, 15) is 9.59 Å². The summed E-state index contributed by atoms with van der Waals surface area (Å²) in [7, 11) is 0. The number of hydrogen-bond donors (Lipinski definition) is 3. The molecular weight excluding hydrogens is 240 g/mol. The number of amides is 1. The second-order valence-electron chi connectivity index (χ2n) is 2.43. The molecule has 0 unspecified atom stereocenters. The van der Waals surface area contributed by atoms with Gasteiger partial charge in [0.25, 0.3) is 11.5 Å². The maximum atomic E-state index is 11.0. The number of pyridine rings is 1. The van der Waals surface area contributed by atoms with Crippen LogP contribution in [0.2, 0.25) is 0 Å². The lowest BCUT2D eigenvalue weighted by molar-refractivity contribution is 0.0705. The van der Waals surface area contributed by atoms with E-state index in [0.29, 0.717) is 5.69 Å². The van der Waals surface area contributed by atoms with Crippen LogP contribution in [0.25, 0.3) is 0 Å². The van der Waals surface area contributed by atoms with Crippen molar-refractivity contribution in [2.75, 3.05) is 0 Å². The zero-order chi connectivity index (χ0) is 10.0. The molecule has 0 spiro atoms. The molecule has 0 saturated carbocycles. The standard InChI is InChI=1S/C7H7BrN2O3/c1-3-4(6(11)10-13)2-5(8)7(12)9-3/h2,13H,1H3,(H,9,12)(H,10,11). The molecule has 0 fully saturated rings. The third kappa shape index (κ3) is 1.96. The second kappa shape index (κ2) is 3.71. The first-order chi connectivity index (χ1) is 6.06. The van der Waals surface area contributed by atoms with Crippen LogP contribution in [0.4, 0.5) is 0 Å². The first-order valence-electron chi connectivity index (χ1n) is 3.40. The molecule has 0 saturated heterocycles. The Hall–Kier alpha value is -1.14. The Kier molecular flexibility index (Phi) is 2.84.